The van der Waals surface area contributed by atoms with E-state index < -0.39 is 34.8 Å². The summed E-state index contributed by atoms with van der Waals surface area (Å²) in [6.45, 7) is 0.453. The molecule has 146 valence electrons. The molecule has 0 aliphatic carbocycles. The van der Waals surface area contributed by atoms with Crippen molar-refractivity contribution in [1.29, 1.82) is 0 Å². The number of amides is 2. The zero-order chi connectivity index (χ0) is 20.4. The number of pyridine rings is 1. The van der Waals surface area contributed by atoms with E-state index >= 15 is 0 Å². The van der Waals surface area contributed by atoms with E-state index in [2.05, 4.69) is 10.3 Å². The Balaban J connectivity index is 1.78. The molecule has 1 atom stereocenters. The van der Waals surface area contributed by atoms with Gasteiger partial charge in [0.25, 0.3) is 5.91 Å². The third-order valence-electron chi connectivity index (χ3n) is 4.51. The van der Waals surface area contributed by atoms with Crippen molar-refractivity contribution in [3.8, 4) is 0 Å². The van der Waals surface area contributed by atoms with Gasteiger partial charge in [0.05, 0.1) is 0 Å². The number of hydrogen-bond acceptors (Lipinski definition) is 4. The van der Waals surface area contributed by atoms with Crippen LogP contribution in [0.2, 0.25) is 0 Å². The van der Waals surface area contributed by atoms with Crippen LogP contribution < -0.4 is 5.32 Å². The lowest BCUT2D eigenvalue weighted by Crippen LogP contribution is -2.38. The molecule has 1 N–H and O–H groups in total. The van der Waals surface area contributed by atoms with Crippen LogP contribution in [0.1, 0.15) is 33.7 Å². The molecule has 2 aromatic rings. The summed E-state index contributed by atoms with van der Waals surface area (Å²) in [5.74, 6) is -6.13. The molecule has 1 aliphatic rings. The first-order chi connectivity index (χ1) is 13.3. The Morgan fingerprint density at radius 3 is 2.50 bits per heavy atom. The molecule has 2 amide bonds. The van der Waals surface area contributed by atoms with Gasteiger partial charge in [-0.1, -0.05) is 6.07 Å². The Kier molecular flexibility index (Phi) is 5.43. The SMILES string of the molecule is CN1CCC(C(=O)c2cccc(NC(=O)c3c(F)cc(F)cc3F)n2)CC1=O. The van der Waals surface area contributed by atoms with Crippen LogP contribution in [0.3, 0.4) is 0 Å². The highest BCUT2D eigenvalue weighted by atomic mass is 19.1. The van der Waals surface area contributed by atoms with Gasteiger partial charge in [-0.3, -0.25) is 14.4 Å². The van der Waals surface area contributed by atoms with Crippen molar-refractivity contribution in [1.82, 2.24) is 9.88 Å². The lowest BCUT2D eigenvalue weighted by Gasteiger charge is -2.27. The third-order valence-corrected chi connectivity index (χ3v) is 4.51. The van der Waals surface area contributed by atoms with Crippen LogP contribution in [0.4, 0.5) is 19.0 Å². The van der Waals surface area contributed by atoms with E-state index in [0.717, 1.165) is 0 Å². The van der Waals surface area contributed by atoms with E-state index in [4.69, 9.17) is 0 Å². The Bertz CT molecular complexity index is 941. The zero-order valence-electron chi connectivity index (χ0n) is 14.8. The molecule has 0 saturated carbocycles. The second-order valence-corrected chi connectivity index (χ2v) is 6.48. The van der Waals surface area contributed by atoms with Gasteiger partial charge >= 0.3 is 0 Å². The molecular formula is C19H16F3N3O3. The van der Waals surface area contributed by atoms with Crippen molar-refractivity contribution in [2.75, 3.05) is 18.9 Å². The number of nitrogens with one attached hydrogen (secondary N) is 1. The maximum atomic E-state index is 13.7. The van der Waals surface area contributed by atoms with E-state index in [9.17, 15) is 27.6 Å². The van der Waals surface area contributed by atoms with Gasteiger partial charge in [-0.2, -0.15) is 0 Å². The first-order valence-electron chi connectivity index (χ1n) is 8.47. The molecule has 3 rings (SSSR count). The number of anilines is 1. The van der Waals surface area contributed by atoms with Gasteiger partial charge in [0.15, 0.2) is 5.78 Å². The maximum Gasteiger partial charge on any atom is 0.262 e. The van der Waals surface area contributed by atoms with Crippen molar-refractivity contribution in [3.05, 3.63) is 59.0 Å². The molecule has 28 heavy (non-hydrogen) atoms. The van der Waals surface area contributed by atoms with Crippen LogP contribution in [-0.2, 0) is 4.79 Å². The number of likely N-dealkylation sites (tertiary alicyclic amines) is 1. The van der Waals surface area contributed by atoms with Crippen LogP contribution in [0.15, 0.2) is 30.3 Å². The van der Waals surface area contributed by atoms with Crippen molar-refractivity contribution in [3.63, 3.8) is 0 Å². The molecular weight excluding hydrogens is 375 g/mol. The Morgan fingerprint density at radius 2 is 1.86 bits per heavy atom. The summed E-state index contributed by atoms with van der Waals surface area (Å²) in [6.07, 6.45) is 0.560. The number of ketones is 1. The molecule has 1 saturated heterocycles. The van der Waals surface area contributed by atoms with Gasteiger partial charge in [0.1, 0.15) is 34.5 Å². The van der Waals surface area contributed by atoms with Gasteiger partial charge in [0, 0.05) is 38.1 Å². The fraction of sp³-hybridized carbons (Fsp3) is 0.263. The summed E-state index contributed by atoms with van der Waals surface area (Å²) >= 11 is 0. The van der Waals surface area contributed by atoms with Crippen molar-refractivity contribution < 1.29 is 27.6 Å². The van der Waals surface area contributed by atoms with Crippen LogP contribution in [-0.4, -0.2) is 41.1 Å². The second kappa shape index (κ2) is 7.79. The molecule has 1 fully saturated rings. The fourth-order valence-electron chi connectivity index (χ4n) is 2.96. The predicted molar refractivity (Wildman–Crippen MR) is 93.2 cm³/mol. The molecule has 1 unspecified atom stereocenters. The van der Waals surface area contributed by atoms with Crippen molar-refractivity contribution >= 4 is 23.4 Å². The minimum absolute atomic E-state index is 0.0280. The molecule has 0 bridgehead atoms. The van der Waals surface area contributed by atoms with Gasteiger partial charge in [0.2, 0.25) is 5.91 Å². The molecule has 9 heteroatoms. The predicted octanol–water partition coefficient (Wildman–Crippen LogP) is 2.80. The summed E-state index contributed by atoms with van der Waals surface area (Å²) in [5, 5.41) is 2.19. The smallest absolute Gasteiger partial charge is 0.262 e. The number of Topliss-reactive ketones (excluding diaryl/α,β-unsaturated/α-hetero) is 1. The largest absolute Gasteiger partial charge is 0.346 e. The molecule has 1 aromatic carbocycles. The number of halogens is 3. The second-order valence-electron chi connectivity index (χ2n) is 6.48. The van der Waals surface area contributed by atoms with E-state index in [-0.39, 0.29) is 29.6 Å². The average Bonchev–Trinajstić information content (AvgIpc) is 2.62. The Labute approximate surface area is 158 Å². The van der Waals surface area contributed by atoms with Crippen LogP contribution in [0.25, 0.3) is 0 Å². The summed E-state index contributed by atoms with van der Waals surface area (Å²) in [7, 11) is 1.66. The van der Waals surface area contributed by atoms with Crippen molar-refractivity contribution in [2.24, 2.45) is 5.92 Å². The molecule has 2 heterocycles. The van der Waals surface area contributed by atoms with Crippen molar-refractivity contribution in [2.45, 2.75) is 12.8 Å². The normalized spacial score (nSPS) is 16.8. The summed E-state index contributed by atoms with van der Waals surface area (Å²) in [6, 6.07) is 5.00. The first-order valence-corrected chi connectivity index (χ1v) is 8.47. The number of aromatic nitrogens is 1. The van der Waals surface area contributed by atoms with Gasteiger partial charge < -0.3 is 10.2 Å². The lowest BCUT2D eigenvalue weighted by atomic mass is 9.90. The van der Waals surface area contributed by atoms with E-state index in [1.807, 2.05) is 0 Å². The number of benzene rings is 1. The number of nitrogens with zero attached hydrogens (tertiary/aromatic N) is 2. The van der Waals surface area contributed by atoms with E-state index in [1.165, 1.54) is 18.2 Å². The number of piperidine rings is 1. The molecule has 0 spiro atoms. The number of carbonyl (C=O) groups excluding carboxylic acids is 3. The quantitative estimate of drug-likeness (QED) is 0.813. The topological polar surface area (TPSA) is 79.4 Å². The molecule has 0 radical (unpaired) electrons. The third kappa shape index (κ3) is 4.03. The lowest BCUT2D eigenvalue weighted by molar-refractivity contribution is -0.132. The highest BCUT2D eigenvalue weighted by Gasteiger charge is 2.30. The summed E-state index contributed by atoms with van der Waals surface area (Å²) < 4.78 is 40.4. The zero-order valence-corrected chi connectivity index (χ0v) is 14.8. The van der Waals surface area contributed by atoms with Crippen LogP contribution >= 0.6 is 0 Å². The van der Waals surface area contributed by atoms with Gasteiger partial charge in [-0.15, -0.1) is 0 Å². The minimum Gasteiger partial charge on any atom is -0.346 e. The number of carbonyl (C=O) groups is 3. The van der Waals surface area contributed by atoms with Crippen LogP contribution in [0, 0.1) is 23.4 Å². The number of hydrogen-bond donors (Lipinski definition) is 1. The van der Waals surface area contributed by atoms with Gasteiger partial charge in [-0.25, -0.2) is 18.2 Å². The minimum atomic E-state index is -1.35. The summed E-state index contributed by atoms with van der Waals surface area (Å²) in [5.41, 5.74) is -0.930. The molecule has 6 nitrogen and oxygen atoms in total. The molecule has 1 aromatic heterocycles. The average molecular weight is 391 g/mol. The fourth-order valence-corrected chi connectivity index (χ4v) is 2.96. The highest BCUT2D eigenvalue weighted by molar-refractivity contribution is 6.05. The first kappa shape index (κ1) is 19.5. The van der Waals surface area contributed by atoms with E-state index in [0.29, 0.717) is 25.1 Å². The molecule has 1 aliphatic heterocycles. The van der Waals surface area contributed by atoms with E-state index in [1.54, 1.807) is 11.9 Å². The summed E-state index contributed by atoms with van der Waals surface area (Å²) in [4.78, 5) is 42.1. The highest BCUT2D eigenvalue weighted by Crippen LogP contribution is 2.22. The van der Waals surface area contributed by atoms with Crippen LogP contribution in [0.5, 0.6) is 0 Å². The monoisotopic (exact) mass is 391 g/mol. The van der Waals surface area contributed by atoms with Gasteiger partial charge in [-0.05, 0) is 18.6 Å². The Morgan fingerprint density at radius 1 is 1.18 bits per heavy atom. The standard InChI is InChI=1S/C19H16F3N3O3/c1-25-6-5-10(7-16(25)26)18(27)14-3-2-4-15(23-14)24-19(28)17-12(21)8-11(20)9-13(17)22/h2-4,8-10H,5-7H2,1H3,(H,23,24,28). The number of rotatable bonds is 4. The Hall–Kier alpha value is -3.23. The maximum absolute atomic E-state index is 13.7.